The van der Waals surface area contributed by atoms with E-state index in [1.807, 2.05) is 30.3 Å². The molecule has 2 aromatic carbocycles. The third kappa shape index (κ3) is 4.55. The smallest absolute Gasteiger partial charge is 0.240 e. The molecule has 0 aliphatic heterocycles. The van der Waals surface area contributed by atoms with Crippen LogP contribution < -0.4 is 5.43 Å². The molecule has 0 fully saturated rings. The summed E-state index contributed by atoms with van der Waals surface area (Å²) in [5.74, 6) is -0.0671. The van der Waals surface area contributed by atoms with Crippen LogP contribution in [0.25, 0.3) is 0 Å². The zero-order valence-electron chi connectivity index (χ0n) is 13.4. The molecule has 0 atom stereocenters. The molecule has 0 saturated heterocycles. The van der Waals surface area contributed by atoms with Crippen LogP contribution in [0.15, 0.2) is 47.6 Å². The summed E-state index contributed by atoms with van der Waals surface area (Å²) in [6.07, 6.45) is 2.89. The van der Waals surface area contributed by atoms with Crippen LogP contribution in [-0.4, -0.2) is 12.1 Å². The van der Waals surface area contributed by atoms with Crippen molar-refractivity contribution in [3.63, 3.8) is 0 Å². The predicted octanol–water partition coefficient (Wildman–Crippen LogP) is 3.69. The molecule has 3 heteroatoms. The van der Waals surface area contributed by atoms with Crippen molar-refractivity contribution in [3.05, 3.63) is 70.3 Å². The molecule has 0 radical (unpaired) electrons. The fourth-order valence-corrected chi connectivity index (χ4v) is 2.52. The highest BCUT2D eigenvalue weighted by molar-refractivity contribution is 5.85. The van der Waals surface area contributed by atoms with Crippen LogP contribution in [0.4, 0.5) is 0 Å². The van der Waals surface area contributed by atoms with Gasteiger partial charge in [-0.2, -0.15) is 5.10 Å². The van der Waals surface area contributed by atoms with Crippen LogP contribution >= 0.6 is 0 Å². The second-order valence-electron chi connectivity index (χ2n) is 5.59. The van der Waals surface area contributed by atoms with Gasteiger partial charge in [-0.05, 0) is 43.9 Å². The van der Waals surface area contributed by atoms with Gasteiger partial charge in [-0.3, -0.25) is 4.79 Å². The second kappa shape index (κ2) is 7.55. The van der Waals surface area contributed by atoms with Gasteiger partial charge >= 0.3 is 0 Å². The third-order valence-electron chi connectivity index (χ3n) is 3.60. The Balaban J connectivity index is 1.88. The van der Waals surface area contributed by atoms with Crippen molar-refractivity contribution < 1.29 is 4.79 Å². The summed E-state index contributed by atoms with van der Waals surface area (Å²) < 4.78 is 0. The van der Waals surface area contributed by atoms with E-state index in [0.717, 1.165) is 17.5 Å². The normalized spacial score (nSPS) is 10.9. The first-order chi connectivity index (χ1) is 10.6. The van der Waals surface area contributed by atoms with Gasteiger partial charge in [0.2, 0.25) is 5.91 Å². The van der Waals surface area contributed by atoms with E-state index in [0.29, 0.717) is 6.42 Å². The molecule has 2 rings (SSSR count). The summed E-state index contributed by atoms with van der Waals surface area (Å²) >= 11 is 0. The fraction of sp³-hybridized carbons (Fsp3) is 0.263. The van der Waals surface area contributed by atoms with Gasteiger partial charge in [0.05, 0.1) is 6.21 Å². The van der Waals surface area contributed by atoms with E-state index in [2.05, 4.69) is 43.4 Å². The highest BCUT2D eigenvalue weighted by atomic mass is 16.2. The van der Waals surface area contributed by atoms with Crippen molar-refractivity contribution in [2.75, 3.05) is 0 Å². The average Bonchev–Trinajstić information content (AvgIpc) is 2.49. The van der Waals surface area contributed by atoms with Gasteiger partial charge < -0.3 is 0 Å². The summed E-state index contributed by atoms with van der Waals surface area (Å²) in [4.78, 5) is 11.8. The first-order valence-electron chi connectivity index (χ1n) is 7.50. The molecule has 22 heavy (non-hydrogen) atoms. The van der Waals surface area contributed by atoms with Crippen molar-refractivity contribution in [1.82, 2.24) is 5.43 Å². The number of hydrazone groups is 1. The molecule has 114 valence electrons. The number of carbonyl (C=O) groups is 1. The fourth-order valence-electron chi connectivity index (χ4n) is 2.52. The van der Waals surface area contributed by atoms with Crippen LogP contribution in [-0.2, 0) is 11.2 Å². The maximum Gasteiger partial charge on any atom is 0.240 e. The summed E-state index contributed by atoms with van der Waals surface area (Å²) in [7, 11) is 0. The lowest BCUT2D eigenvalue weighted by Crippen LogP contribution is -2.18. The first-order valence-corrected chi connectivity index (χ1v) is 7.50. The van der Waals surface area contributed by atoms with Crippen molar-refractivity contribution in [2.45, 2.75) is 33.6 Å². The van der Waals surface area contributed by atoms with Gasteiger partial charge in [-0.1, -0.05) is 48.0 Å². The number of nitrogens with one attached hydrogen (secondary N) is 1. The lowest BCUT2D eigenvalue weighted by Gasteiger charge is -2.06. The number of nitrogens with zero attached hydrogens (tertiary/aromatic N) is 1. The first kappa shape index (κ1) is 16.0. The number of benzene rings is 2. The average molecular weight is 294 g/mol. The molecule has 0 bridgehead atoms. The topological polar surface area (TPSA) is 41.5 Å². The van der Waals surface area contributed by atoms with Crippen LogP contribution in [0.2, 0.25) is 0 Å². The van der Waals surface area contributed by atoms with E-state index >= 15 is 0 Å². The molecule has 0 saturated carbocycles. The highest BCUT2D eigenvalue weighted by Gasteiger charge is 2.03. The molecule has 1 N–H and O–H groups in total. The number of hydrogen-bond donors (Lipinski definition) is 1. The SMILES string of the molecule is Cc1cc(C)c(/C=N\NC(=O)CCc2ccccc2)c(C)c1. The predicted molar refractivity (Wildman–Crippen MR) is 91.2 cm³/mol. The minimum Gasteiger partial charge on any atom is -0.273 e. The Labute approximate surface area is 132 Å². The Morgan fingerprint density at radius 1 is 1.09 bits per heavy atom. The van der Waals surface area contributed by atoms with Gasteiger partial charge in [0.25, 0.3) is 0 Å². The molecule has 1 amide bonds. The van der Waals surface area contributed by atoms with Crippen LogP contribution in [0.3, 0.4) is 0 Å². The van der Waals surface area contributed by atoms with E-state index in [-0.39, 0.29) is 5.91 Å². The third-order valence-corrected chi connectivity index (χ3v) is 3.60. The number of rotatable bonds is 5. The summed E-state index contributed by atoms with van der Waals surface area (Å²) in [6.45, 7) is 6.18. The Hall–Kier alpha value is -2.42. The van der Waals surface area contributed by atoms with Gasteiger partial charge in [0.1, 0.15) is 0 Å². The van der Waals surface area contributed by atoms with Crippen LogP contribution in [0, 0.1) is 20.8 Å². The van der Waals surface area contributed by atoms with Crippen LogP contribution in [0.5, 0.6) is 0 Å². The Morgan fingerprint density at radius 2 is 1.73 bits per heavy atom. The Morgan fingerprint density at radius 3 is 2.36 bits per heavy atom. The molecular weight excluding hydrogens is 272 g/mol. The summed E-state index contributed by atoms with van der Waals surface area (Å²) in [5.41, 5.74) is 8.39. The minimum absolute atomic E-state index is 0.0671. The van der Waals surface area contributed by atoms with Gasteiger partial charge in [-0.15, -0.1) is 0 Å². The van der Waals surface area contributed by atoms with E-state index in [1.54, 1.807) is 6.21 Å². The largest absolute Gasteiger partial charge is 0.273 e. The molecule has 2 aromatic rings. The van der Waals surface area contributed by atoms with E-state index in [4.69, 9.17) is 0 Å². The van der Waals surface area contributed by atoms with Crippen molar-refractivity contribution in [3.8, 4) is 0 Å². The molecule has 3 nitrogen and oxygen atoms in total. The number of amides is 1. The van der Waals surface area contributed by atoms with Gasteiger partial charge in [0.15, 0.2) is 0 Å². The molecule has 0 aliphatic rings. The number of carbonyl (C=O) groups excluding carboxylic acids is 1. The molecule has 0 aliphatic carbocycles. The molecular formula is C19H22N2O. The number of hydrogen-bond acceptors (Lipinski definition) is 2. The van der Waals surface area contributed by atoms with Crippen molar-refractivity contribution in [1.29, 1.82) is 0 Å². The Kier molecular flexibility index (Phi) is 5.48. The summed E-state index contributed by atoms with van der Waals surface area (Å²) in [6, 6.07) is 14.2. The van der Waals surface area contributed by atoms with Crippen LogP contribution in [0.1, 0.15) is 34.2 Å². The molecule has 0 unspecified atom stereocenters. The van der Waals surface area contributed by atoms with Crippen molar-refractivity contribution >= 4 is 12.1 Å². The van der Waals surface area contributed by atoms with E-state index in [1.165, 1.54) is 16.7 Å². The minimum atomic E-state index is -0.0671. The zero-order chi connectivity index (χ0) is 15.9. The monoisotopic (exact) mass is 294 g/mol. The Bertz CT molecular complexity index is 652. The quantitative estimate of drug-likeness (QED) is 0.663. The maximum absolute atomic E-state index is 11.8. The highest BCUT2D eigenvalue weighted by Crippen LogP contribution is 2.14. The second-order valence-corrected chi connectivity index (χ2v) is 5.59. The molecule has 0 spiro atoms. The number of aryl methyl sites for hydroxylation is 4. The maximum atomic E-state index is 11.8. The zero-order valence-corrected chi connectivity index (χ0v) is 13.4. The standard InChI is InChI=1S/C19H22N2O/c1-14-11-15(2)18(16(3)12-14)13-20-21-19(22)10-9-17-7-5-4-6-8-17/h4-8,11-13H,9-10H2,1-3H3,(H,21,22)/b20-13-. The molecule has 0 aromatic heterocycles. The van der Waals surface area contributed by atoms with Gasteiger partial charge in [-0.25, -0.2) is 5.43 Å². The molecule has 0 heterocycles. The van der Waals surface area contributed by atoms with Gasteiger partial charge in [0, 0.05) is 12.0 Å². The lowest BCUT2D eigenvalue weighted by molar-refractivity contribution is -0.121. The summed E-state index contributed by atoms with van der Waals surface area (Å²) in [5, 5.41) is 4.08. The van der Waals surface area contributed by atoms with E-state index in [9.17, 15) is 4.79 Å². The lowest BCUT2D eigenvalue weighted by atomic mass is 10.0. The van der Waals surface area contributed by atoms with E-state index < -0.39 is 0 Å². The van der Waals surface area contributed by atoms with Crippen molar-refractivity contribution in [2.24, 2.45) is 5.10 Å².